The van der Waals surface area contributed by atoms with E-state index < -0.39 is 17.0 Å². The van der Waals surface area contributed by atoms with Gasteiger partial charge in [0.15, 0.2) is 5.78 Å². The maximum absolute atomic E-state index is 13.9. The number of rotatable bonds is 5. The third-order valence-corrected chi connectivity index (χ3v) is 13.5. The third kappa shape index (κ3) is 4.08. The van der Waals surface area contributed by atoms with E-state index in [0.29, 0.717) is 17.9 Å². The van der Waals surface area contributed by atoms with Gasteiger partial charge in [0.2, 0.25) is 5.78 Å². The number of carboxylic acids is 1. The fourth-order valence-electron chi connectivity index (χ4n) is 10.1. The summed E-state index contributed by atoms with van der Waals surface area (Å²) >= 11 is 0. The fourth-order valence-corrected chi connectivity index (χ4v) is 10.1. The Morgan fingerprint density at radius 3 is 2.25 bits per heavy atom. The van der Waals surface area contributed by atoms with Crippen LogP contribution in [0.25, 0.3) is 0 Å². The number of nitrogens with zero attached hydrogens (tertiary/aromatic N) is 1. The maximum atomic E-state index is 13.9. The number of ketones is 2. The Balaban J connectivity index is 1.41. The number of Topliss-reactive ketones (excluding diaryl/α,β-unsaturated/α-hetero) is 1. The van der Waals surface area contributed by atoms with Crippen molar-refractivity contribution in [2.24, 2.45) is 38.0 Å². The molecule has 0 radical (unpaired) electrons. The second kappa shape index (κ2) is 9.94. The number of aliphatic carboxylic acids is 1. The van der Waals surface area contributed by atoms with Crippen LogP contribution in [0.15, 0.2) is 70.3 Å². The largest absolute Gasteiger partial charge is 0.481 e. The molecule has 0 heterocycles. The number of fused-ring (bicyclic) bond motifs is 7. The minimum atomic E-state index is -1.08. The van der Waals surface area contributed by atoms with Gasteiger partial charge in [-0.25, -0.2) is 0 Å². The monoisotopic (exact) mass is 597 g/mol. The first-order valence-corrected chi connectivity index (χ1v) is 16.2. The topological polar surface area (TPSA) is 93.0 Å². The Labute approximate surface area is 261 Å². The quantitative estimate of drug-likeness (QED) is 0.353. The average molecular weight is 598 g/mol. The van der Waals surface area contributed by atoms with Crippen LogP contribution < -0.4 is 0 Å². The first-order valence-electron chi connectivity index (χ1n) is 16.2. The van der Waals surface area contributed by atoms with Gasteiger partial charge in [-0.15, -0.1) is 0 Å². The first-order chi connectivity index (χ1) is 20.6. The van der Waals surface area contributed by atoms with Crippen LogP contribution in [0.5, 0.6) is 0 Å². The van der Waals surface area contributed by atoms with Crippen LogP contribution in [0.4, 0.5) is 0 Å². The highest BCUT2D eigenvalue weighted by atomic mass is 16.5. The van der Waals surface area contributed by atoms with E-state index in [9.17, 15) is 19.5 Å². The van der Waals surface area contributed by atoms with Crippen molar-refractivity contribution in [2.75, 3.05) is 13.7 Å². The van der Waals surface area contributed by atoms with Gasteiger partial charge in [-0.1, -0.05) is 75.8 Å². The normalized spacial score (nSPS) is 42.2. The van der Waals surface area contributed by atoms with Crippen molar-refractivity contribution in [3.05, 3.63) is 70.8 Å². The van der Waals surface area contributed by atoms with Crippen LogP contribution in [-0.4, -0.2) is 47.6 Å². The van der Waals surface area contributed by atoms with Gasteiger partial charge in [-0.3, -0.25) is 19.4 Å². The predicted molar refractivity (Wildman–Crippen MR) is 172 cm³/mol. The SMILES string of the molecule is CO[C@@]1(C)C2=CC=C3[C@@](C)(CC[C@@]4(C)[C@@H]5C[C@](C)(C(=O)O)CC[C@]5(C)CC[C@]34C)C2=CC(=O)C1=NCC(=O)c1ccccc1. The fraction of sp³-hybridized carbons (Fsp3) is 0.579. The lowest BCUT2D eigenvalue weighted by atomic mass is 9.34. The molecule has 7 atom stereocenters. The Bertz CT molecular complexity index is 1570. The molecule has 1 aromatic rings. The molecule has 234 valence electrons. The van der Waals surface area contributed by atoms with E-state index in [4.69, 9.17) is 4.74 Å². The van der Waals surface area contributed by atoms with Crippen molar-refractivity contribution in [3.8, 4) is 0 Å². The lowest BCUT2D eigenvalue weighted by Gasteiger charge is -2.70. The Hall–Kier alpha value is -3.12. The van der Waals surface area contributed by atoms with Crippen molar-refractivity contribution in [3.63, 3.8) is 0 Å². The number of allylic oxidation sites excluding steroid dienone is 4. The van der Waals surface area contributed by atoms with Crippen molar-refractivity contribution < 1.29 is 24.2 Å². The molecule has 3 saturated carbocycles. The van der Waals surface area contributed by atoms with Gasteiger partial charge in [-0.05, 0) is 98.2 Å². The zero-order valence-electron chi connectivity index (χ0n) is 27.4. The number of ether oxygens (including phenoxy) is 1. The molecule has 0 unspecified atom stereocenters. The van der Waals surface area contributed by atoms with Crippen LogP contribution in [-0.2, 0) is 14.3 Å². The number of benzene rings is 1. The molecule has 5 aliphatic rings. The lowest BCUT2D eigenvalue weighted by Crippen LogP contribution is -2.62. The zero-order chi connectivity index (χ0) is 31.9. The number of carbonyl (C=O) groups excluding carboxylic acids is 2. The summed E-state index contributed by atoms with van der Waals surface area (Å²) in [5.74, 6) is -0.722. The molecule has 1 N–H and O–H groups in total. The smallest absolute Gasteiger partial charge is 0.309 e. The number of carboxylic acid groups (broad SMARTS) is 1. The second-order valence-corrected chi connectivity index (χ2v) is 15.6. The summed E-state index contributed by atoms with van der Waals surface area (Å²) in [6.45, 7) is 13.2. The highest BCUT2D eigenvalue weighted by molar-refractivity contribution is 6.49. The minimum Gasteiger partial charge on any atom is -0.481 e. The summed E-state index contributed by atoms with van der Waals surface area (Å²) in [5, 5.41) is 10.2. The number of carbonyl (C=O) groups is 3. The molecule has 3 fully saturated rings. The number of methoxy groups -OCH3 is 1. The molecule has 6 nitrogen and oxygen atoms in total. The van der Waals surface area contributed by atoms with Crippen LogP contribution in [0.1, 0.15) is 96.8 Å². The van der Waals surface area contributed by atoms with E-state index >= 15 is 0 Å². The van der Waals surface area contributed by atoms with E-state index in [1.54, 1.807) is 25.3 Å². The highest BCUT2D eigenvalue weighted by Gasteiger charge is 2.67. The van der Waals surface area contributed by atoms with Crippen LogP contribution >= 0.6 is 0 Å². The van der Waals surface area contributed by atoms with Gasteiger partial charge in [0.25, 0.3) is 0 Å². The molecular weight excluding hydrogens is 550 g/mol. The van der Waals surface area contributed by atoms with Crippen molar-refractivity contribution >= 4 is 23.2 Å². The lowest BCUT2D eigenvalue weighted by molar-refractivity contribution is -0.178. The Morgan fingerprint density at radius 1 is 0.909 bits per heavy atom. The van der Waals surface area contributed by atoms with Gasteiger partial charge in [0.05, 0.1) is 5.41 Å². The van der Waals surface area contributed by atoms with E-state index in [-0.39, 0.29) is 45.5 Å². The number of hydrogen-bond acceptors (Lipinski definition) is 5. The van der Waals surface area contributed by atoms with Crippen LogP contribution in [0, 0.1) is 33.0 Å². The van der Waals surface area contributed by atoms with Gasteiger partial charge in [0, 0.05) is 18.1 Å². The van der Waals surface area contributed by atoms with Gasteiger partial charge >= 0.3 is 5.97 Å². The summed E-state index contributed by atoms with van der Waals surface area (Å²) < 4.78 is 6.12. The minimum absolute atomic E-state index is 0.0674. The molecule has 0 aliphatic heterocycles. The number of hydrogen-bond donors (Lipinski definition) is 1. The third-order valence-electron chi connectivity index (χ3n) is 13.5. The predicted octanol–water partition coefficient (Wildman–Crippen LogP) is 7.59. The van der Waals surface area contributed by atoms with Crippen molar-refractivity contribution in [1.29, 1.82) is 0 Å². The summed E-state index contributed by atoms with van der Waals surface area (Å²) in [6, 6.07) is 9.02. The molecule has 0 saturated heterocycles. The molecule has 5 aliphatic carbocycles. The number of aliphatic imine (C=N–C) groups is 1. The van der Waals surface area contributed by atoms with Crippen LogP contribution in [0.2, 0.25) is 0 Å². The maximum Gasteiger partial charge on any atom is 0.309 e. The van der Waals surface area contributed by atoms with E-state index in [2.05, 4.69) is 44.8 Å². The second-order valence-electron chi connectivity index (χ2n) is 15.6. The van der Waals surface area contributed by atoms with E-state index in [1.165, 1.54) is 5.57 Å². The standard InChI is InChI=1S/C38H47NO5/c1-33-15-16-34(2,32(42)43)22-30(33)37(5)20-18-35(3)26-21-27(40)31(39-23-28(41)24-11-9-8-10-12-24)38(6,44-7)25(26)13-14-29(35)36(37,4)19-17-33/h8-14,21,30H,15-20,22-23H2,1-7H3,(H,42,43)/t30-,33-,34-,35+,36-,37+,38+/m1/s1. The van der Waals surface area contributed by atoms with Gasteiger partial charge in [0.1, 0.15) is 17.9 Å². The summed E-state index contributed by atoms with van der Waals surface area (Å²) in [4.78, 5) is 43.8. The van der Waals surface area contributed by atoms with Crippen molar-refractivity contribution in [1.82, 2.24) is 0 Å². The zero-order valence-corrected chi connectivity index (χ0v) is 27.4. The molecule has 6 heteroatoms. The first kappa shape index (κ1) is 30.9. The van der Waals surface area contributed by atoms with Crippen LogP contribution in [0.3, 0.4) is 0 Å². The van der Waals surface area contributed by atoms with E-state index in [1.807, 2.05) is 32.0 Å². The molecule has 0 bridgehead atoms. The molecule has 0 amide bonds. The van der Waals surface area contributed by atoms with Crippen molar-refractivity contribution in [2.45, 2.75) is 92.1 Å². The average Bonchev–Trinajstić information content (AvgIpc) is 3.00. The molecule has 44 heavy (non-hydrogen) atoms. The molecule has 0 spiro atoms. The molecular formula is C38H47NO5. The Morgan fingerprint density at radius 2 is 1.59 bits per heavy atom. The summed E-state index contributed by atoms with van der Waals surface area (Å²) in [6.07, 6.45) is 12.5. The molecule has 0 aromatic heterocycles. The summed E-state index contributed by atoms with van der Waals surface area (Å²) in [7, 11) is 1.61. The highest BCUT2D eigenvalue weighted by Crippen LogP contribution is 2.75. The Kier molecular flexibility index (Phi) is 6.98. The molecule has 1 aromatic carbocycles. The van der Waals surface area contributed by atoms with E-state index in [0.717, 1.165) is 49.7 Å². The molecule has 6 rings (SSSR count). The summed E-state index contributed by atoms with van der Waals surface area (Å²) in [5.41, 5.74) is 1.88. The van der Waals surface area contributed by atoms with Gasteiger partial charge in [-0.2, -0.15) is 0 Å². The van der Waals surface area contributed by atoms with Gasteiger partial charge < -0.3 is 9.84 Å².